The molecule has 0 saturated heterocycles. The SMILES string of the molecule is C=CC(=O)OCCOC1CCC(C(=O)OC2CCC(C(=O)OC3CCC(C(=O)O)CC3)CC2)CC1. The number of aliphatic carboxylic acids is 1. The molecule has 3 rings (SSSR count). The first-order valence-electron chi connectivity index (χ1n) is 12.9. The summed E-state index contributed by atoms with van der Waals surface area (Å²) in [5, 5.41) is 9.09. The van der Waals surface area contributed by atoms with Crippen LogP contribution in [0.25, 0.3) is 0 Å². The minimum atomic E-state index is -0.771. The van der Waals surface area contributed by atoms with Crippen molar-refractivity contribution in [2.75, 3.05) is 13.2 Å². The monoisotopic (exact) mass is 494 g/mol. The lowest BCUT2D eigenvalue weighted by molar-refractivity contribution is -0.162. The van der Waals surface area contributed by atoms with Gasteiger partial charge in [0, 0.05) is 6.08 Å². The van der Waals surface area contributed by atoms with Crippen LogP contribution in [0.1, 0.15) is 77.0 Å². The third kappa shape index (κ3) is 8.63. The van der Waals surface area contributed by atoms with E-state index < -0.39 is 11.9 Å². The van der Waals surface area contributed by atoms with Gasteiger partial charge in [0.15, 0.2) is 0 Å². The van der Waals surface area contributed by atoms with E-state index in [9.17, 15) is 19.2 Å². The maximum atomic E-state index is 12.6. The maximum absolute atomic E-state index is 12.6. The van der Waals surface area contributed by atoms with Gasteiger partial charge in [0.2, 0.25) is 0 Å². The van der Waals surface area contributed by atoms with Gasteiger partial charge in [-0.05, 0) is 77.0 Å². The van der Waals surface area contributed by atoms with E-state index >= 15 is 0 Å². The first-order valence-corrected chi connectivity index (χ1v) is 12.9. The van der Waals surface area contributed by atoms with Crippen LogP contribution in [0.3, 0.4) is 0 Å². The lowest BCUT2D eigenvalue weighted by Crippen LogP contribution is -2.34. The Morgan fingerprint density at radius 3 is 1.51 bits per heavy atom. The Morgan fingerprint density at radius 2 is 1.09 bits per heavy atom. The topological polar surface area (TPSA) is 125 Å². The van der Waals surface area contributed by atoms with Gasteiger partial charge >= 0.3 is 23.9 Å². The zero-order valence-corrected chi connectivity index (χ0v) is 20.4. The lowest BCUT2D eigenvalue weighted by atomic mass is 9.85. The smallest absolute Gasteiger partial charge is 0.330 e. The number of carbonyl (C=O) groups excluding carboxylic acids is 3. The second kappa shape index (κ2) is 13.6. The Labute approximate surface area is 206 Å². The Kier molecular flexibility index (Phi) is 10.6. The van der Waals surface area contributed by atoms with E-state index in [1.54, 1.807) is 0 Å². The van der Waals surface area contributed by atoms with E-state index in [-0.39, 0.29) is 54.6 Å². The van der Waals surface area contributed by atoms with Gasteiger partial charge in [-0.2, -0.15) is 0 Å². The average molecular weight is 495 g/mol. The third-order valence-corrected chi connectivity index (χ3v) is 7.45. The summed E-state index contributed by atoms with van der Waals surface area (Å²) in [6.07, 6.45) is 8.67. The van der Waals surface area contributed by atoms with Crippen molar-refractivity contribution in [2.45, 2.75) is 95.4 Å². The number of carboxylic acid groups (broad SMARTS) is 1. The molecule has 1 N–H and O–H groups in total. The van der Waals surface area contributed by atoms with Crippen molar-refractivity contribution in [1.82, 2.24) is 0 Å². The Morgan fingerprint density at radius 1 is 0.657 bits per heavy atom. The first kappa shape index (κ1) is 27.2. The molecule has 0 spiro atoms. The highest BCUT2D eigenvalue weighted by molar-refractivity contribution is 5.81. The number of ether oxygens (including phenoxy) is 4. The highest BCUT2D eigenvalue weighted by atomic mass is 16.6. The Balaban J connectivity index is 1.28. The highest BCUT2D eigenvalue weighted by Crippen LogP contribution is 2.33. The summed E-state index contributed by atoms with van der Waals surface area (Å²) in [6.45, 7) is 3.86. The summed E-state index contributed by atoms with van der Waals surface area (Å²) in [4.78, 5) is 47.3. The molecule has 0 atom stereocenters. The summed E-state index contributed by atoms with van der Waals surface area (Å²) in [5.74, 6) is -2.24. The number of hydrogen-bond donors (Lipinski definition) is 1. The molecule has 0 aromatic carbocycles. The van der Waals surface area contributed by atoms with E-state index in [0.717, 1.165) is 18.9 Å². The molecule has 3 fully saturated rings. The maximum Gasteiger partial charge on any atom is 0.330 e. The summed E-state index contributed by atoms with van der Waals surface area (Å²) in [7, 11) is 0. The van der Waals surface area contributed by atoms with Crippen LogP contribution in [0.5, 0.6) is 0 Å². The van der Waals surface area contributed by atoms with Crippen LogP contribution in [0, 0.1) is 17.8 Å². The zero-order valence-electron chi connectivity index (χ0n) is 20.4. The van der Waals surface area contributed by atoms with Gasteiger partial charge in [0.25, 0.3) is 0 Å². The van der Waals surface area contributed by atoms with E-state index in [1.165, 1.54) is 0 Å². The van der Waals surface area contributed by atoms with Gasteiger partial charge in [-0.15, -0.1) is 0 Å². The van der Waals surface area contributed by atoms with Crippen LogP contribution in [-0.2, 0) is 38.1 Å². The Bertz CT molecular complexity index is 740. The third-order valence-electron chi connectivity index (χ3n) is 7.45. The lowest BCUT2D eigenvalue weighted by Gasteiger charge is -2.32. The fraction of sp³-hybridized carbons (Fsp3) is 0.769. The molecular formula is C26H38O9. The van der Waals surface area contributed by atoms with Crippen molar-refractivity contribution >= 4 is 23.9 Å². The van der Waals surface area contributed by atoms with Crippen molar-refractivity contribution in [2.24, 2.45) is 17.8 Å². The molecule has 0 heterocycles. The van der Waals surface area contributed by atoms with Crippen molar-refractivity contribution < 1.29 is 43.2 Å². The van der Waals surface area contributed by atoms with Crippen molar-refractivity contribution in [3.05, 3.63) is 12.7 Å². The van der Waals surface area contributed by atoms with Crippen molar-refractivity contribution in [3.63, 3.8) is 0 Å². The number of esters is 3. The number of rotatable bonds is 10. The van der Waals surface area contributed by atoms with Gasteiger partial charge in [0.05, 0.1) is 30.5 Å². The summed E-state index contributed by atoms with van der Waals surface area (Å²) >= 11 is 0. The predicted octanol–water partition coefficient (Wildman–Crippen LogP) is 3.58. The quantitative estimate of drug-likeness (QED) is 0.210. The number of carbonyl (C=O) groups is 4. The summed E-state index contributed by atoms with van der Waals surface area (Å²) < 4.78 is 22.0. The average Bonchev–Trinajstić information content (AvgIpc) is 2.87. The molecule has 0 amide bonds. The van der Waals surface area contributed by atoms with E-state index in [2.05, 4.69) is 6.58 Å². The van der Waals surface area contributed by atoms with Gasteiger partial charge in [0.1, 0.15) is 18.8 Å². The highest BCUT2D eigenvalue weighted by Gasteiger charge is 2.34. The molecule has 35 heavy (non-hydrogen) atoms. The zero-order chi connectivity index (χ0) is 25.2. The standard InChI is InChI=1S/C26H38O9/c1-2-23(27)33-16-15-32-20-9-5-18(6-10-20)25(30)35-22-13-7-19(8-14-22)26(31)34-21-11-3-17(4-12-21)24(28)29/h2,17-22H,1,3-16H2,(H,28,29). The second-order valence-electron chi connectivity index (χ2n) is 9.88. The molecule has 0 bridgehead atoms. The molecule has 9 heteroatoms. The molecule has 0 radical (unpaired) electrons. The van der Waals surface area contributed by atoms with Gasteiger partial charge < -0.3 is 24.1 Å². The minimum Gasteiger partial charge on any atom is -0.481 e. The van der Waals surface area contributed by atoms with Crippen LogP contribution in [0.4, 0.5) is 0 Å². The molecule has 0 aromatic rings. The Hall–Kier alpha value is -2.42. The van der Waals surface area contributed by atoms with Crippen LogP contribution >= 0.6 is 0 Å². The molecule has 3 saturated carbocycles. The molecule has 0 aliphatic heterocycles. The van der Waals surface area contributed by atoms with Crippen molar-refractivity contribution in [1.29, 1.82) is 0 Å². The molecule has 0 aromatic heterocycles. The van der Waals surface area contributed by atoms with Gasteiger partial charge in [-0.1, -0.05) is 6.58 Å². The van der Waals surface area contributed by atoms with E-state index in [4.69, 9.17) is 24.1 Å². The fourth-order valence-electron chi connectivity index (χ4n) is 5.25. The largest absolute Gasteiger partial charge is 0.481 e. The second-order valence-corrected chi connectivity index (χ2v) is 9.88. The van der Waals surface area contributed by atoms with Crippen molar-refractivity contribution in [3.8, 4) is 0 Å². The normalized spacial score (nSPS) is 31.1. The van der Waals surface area contributed by atoms with E-state index in [0.29, 0.717) is 70.8 Å². The van der Waals surface area contributed by atoms with Crippen LogP contribution < -0.4 is 0 Å². The number of hydrogen-bond acceptors (Lipinski definition) is 8. The molecule has 196 valence electrons. The minimum absolute atomic E-state index is 0.0575. The predicted molar refractivity (Wildman–Crippen MR) is 124 cm³/mol. The molecular weight excluding hydrogens is 456 g/mol. The molecule has 0 unspecified atom stereocenters. The summed E-state index contributed by atoms with van der Waals surface area (Å²) in [6, 6.07) is 0. The summed E-state index contributed by atoms with van der Waals surface area (Å²) in [5.41, 5.74) is 0. The van der Waals surface area contributed by atoms with Gasteiger partial charge in [-0.25, -0.2) is 4.79 Å². The van der Waals surface area contributed by atoms with Crippen LogP contribution in [0.15, 0.2) is 12.7 Å². The number of carboxylic acids is 1. The van der Waals surface area contributed by atoms with Crippen LogP contribution in [0.2, 0.25) is 0 Å². The van der Waals surface area contributed by atoms with Gasteiger partial charge in [-0.3, -0.25) is 14.4 Å². The molecule has 3 aliphatic carbocycles. The van der Waals surface area contributed by atoms with Crippen LogP contribution in [-0.4, -0.2) is 60.5 Å². The first-order chi connectivity index (χ1) is 16.9. The molecule has 9 nitrogen and oxygen atoms in total. The van der Waals surface area contributed by atoms with E-state index in [1.807, 2.05) is 0 Å². The fourth-order valence-corrected chi connectivity index (χ4v) is 5.25. The molecule has 3 aliphatic rings.